The Hall–Kier alpha value is -3.54. The van der Waals surface area contributed by atoms with Crippen LogP contribution in [0.1, 0.15) is 49.6 Å². The van der Waals surface area contributed by atoms with E-state index in [1.807, 2.05) is 48.4 Å². The van der Waals surface area contributed by atoms with Crippen LogP contribution < -0.4 is 10.2 Å². The van der Waals surface area contributed by atoms with Crippen LogP contribution in [-0.4, -0.2) is 41.0 Å². The molecule has 0 spiro atoms. The van der Waals surface area contributed by atoms with Crippen LogP contribution in [0.2, 0.25) is 0 Å². The molecular formula is C27H32N4O2. The van der Waals surface area contributed by atoms with Crippen molar-refractivity contribution in [2.45, 2.75) is 39.7 Å². The molecule has 6 nitrogen and oxygen atoms in total. The lowest BCUT2D eigenvalue weighted by molar-refractivity contribution is -0.119. The number of para-hydroxylation sites is 2. The summed E-state index contributed by atoms with van der Waals surface area (Å²) in [4.78, 5) is 30.1. The van der Waals surface area contributed by atoms with Gasteiger partial charge in [0, 0.05) is 19.3 Å². The molecule has 1 aliphatic heterocycles. The zero-order valence-corrected chi connectivity index (χ0v) is 19.6. The molecule has 1 N–H and O–H groups in total. The molecule has 1 unspecified atom stereocenters. The van der Waals surface area contributed by atoms with Crippen molar-refractivity contribution in [3.8, 4) is 5.69 Å². The number of hydrogen-bond acceptors (Lipinski definition) is 2. The third-order valence-corrected chi connectivity index (χ3v) is 6.10. The number of aromatic nitrogens is 1. The Balaban J connectivity index is 1.76. The van der Waals surface area contributed by atoms with Gasteiger partial charge >= 0.3 is 6.03 Å². The van der Waals surface area contributed by atoms with E-state index in [-0.39, 0.29) is 24.5 Å². The lowest BCUT2D eigenvalue weighted by atomic mass is 9.97. The van der Waals surface area contributed by atoms with Gasteiger partial charge in [0.1, 0.15) is 12.6 Å². The first-order valence-electron chi connectivity index (χ1n) is 11.7. The first kappa shape index (κ1) is 22.6. The number of anilines is 1. The zero-order valence-electron chi connectivity index (χ0n) is 19.6. The molecule has 1 atom stereocenters. The van der Waals surface area contributed by atoms with Gasteiger partial charge in [0.05, 0.1) is 17.1 Å². The quantitative estimate of drug-likeness (QED) is 0.554. The van der Waals surface area contributed by atoms with E-state index < -0.39 is 0 Å². The molecule has 3 amide bonds. The van der Waals surface area contributed by atoms with Crippen molar-refractivity contribution >= 4 is 17.6 Å². The van der Waals surface area contributed by atoms with Gasteiger partial charge in [-0.3, -0.25) is 9.69 Å². The molecule has 4 rings (SSSR count). The van der Waals surface area contributed by atoms with Crippen molar-refractivity contribution in [2.75, 3.05) is 24.5 Å². The second-order valence-corrected chi connectivity index (χ2v) is 8.48. The van der Waals surface area contributed by atoms with E-state index in [1.165, 1.54) is 5.56 Å². The average Bonchev–Trinajstić information content (AvgIpc) is 3.31. The van der Waals surface area contributed by atoms with E-state index >= 15 is 0 Å². The number of carbonyl (C=O) groups is 2. The van der Waals surface area contributed by atoms with Gasteiger partial charge in [0.2, 0.25) is 5.91 Å². The molecule has 172 valence electrons. The van der Waals surface area contributed by atoms with Gasteiger partial charge in [-0.25, -0.2) is 4.79 Å². The van der Waals surface area contributed by atoms with Crippen LogP contribution in [0.25, 0.3) is 5.69 Å². The highest BCUT2D eigenvalue weighted by atomic mass is 16.2. The van der Waals surface area contributed by atoms with Crippen LogP contribution in [0.15, 0.2) is 66.9 Å². The number of unbranched alkanes of at least 4 members (excludes halogenated alkanes) is 1. The summed E-state index contributed by atoms with van der Waals surface area (Å²) in [5.74, 6) is -0.0946. The van der Waals surface area contributed by atoms with Crippen LogP contribution in [0, 0.1) is 6.92 Å². The van der Waals surface area contributed by atoms with E-state index in [1.54, 1.807) is 4.90 Å². The Morgan fingerprint density at radius 1 is 0.970 bits per heavy atom. The van der Waals surface area contributed by atoms with Gasteiger partial charge < -0.3 is 14.8 Å². The van der Waals surface area contributed by atoms with Crippen LogP contribution >= 0.6 is 0 Å². The normalized spacial score (nSPS) is 14.4. The minimum atomic E-state index is -0.273. The van der Waals surface area contributed by atoms with Crippen molar-refractivity contribution in [1.29, 1.82) is 0 Å². The molecule has 1 aliphatic rings. The molecule has 1 aromatic heterocycles. The van der Waals surface area contributed by atoms with E-state index in [0.29, 0.717) is 13.1 Å². The fourth-order valence-electron chi connectivity index (χ4n) is 4.43. The summed E-state index contributed by atoms with van der Waals surface area (Å²) in [6, 6.07) is 19.9. The molecule has 0 fully saturated rings. The van der Waals surface area contributed by atoms with Gasteiger partial charge in [-0.15, -0.1) is 0 Å². The Morgan fingerprint density at radius 2 is 1.70 bits per heavy atom. The SMILES string of the molecule is CCCCN(CC(=O)N1c2ccccc2-n2cccc2C1c1ccc(C)cc1)C(=O)NCC. The minimum Gasteiger partial charge on any atom is -0.338 e. The molecule has 0 bridgehead atoms. The number of aryl methyl sites for hydroxylation is 1. The molecule has 3 aromatic rings. The van der Waals surface area contributed by atoms with Crippen LogP contribution in [0.5, 0.6) is 0 Å². The number of urea groups is 1. The Bertz CT molecular complexity index is 1120. The van der Waals surface area contributed by atoms with Crippen molar-refractivity contribution in [1.82, 2.24) is 14.8 Å². The largest absolute Gasteiger partial charge is 0.338 e. The van der Waals surface area contributed by atoms with Crippen LogP contribution in [0.3, 0.4) is 0 Å². The molecule has 2 aromatic carbocycles. The Kier molecular flexibility index (Phi) is 6.82. The molecular weight excluding hydrogens is 412 g/mol. The number of benzene rings is 2. The fraction of sp³-hybridized carbons (Fsp3) is 0.333. The summed E-state index contributed by atoms with van der Waals surface area (Å²) in [6.07, 6.45) is 3.85. The number of hydrogen-bond donors (Lipinski definition) is 1. The molecule has 33 heavy (non-hydrogen) atoms. The van der Waals surface area contributed by atoms with E-state index in [4.69, 9.17) is 0 Å². The topological polar surface area (TPSA) is 57.6 Å². The zero-order chi connectivity index (χ0) is 23.4. The van der Waals surface area contributed by atoms with Crippen LogP contribution in [-0.2, 0) is 4.79 Å². The summed E-state index contributed by atoms with van der Waals surface area (Å²) in [7, 11) is 0. The first-order valence-corrected chi connectivity index (χ1v) is 11.7. The molecule has 0 saturated carbocycles. The van der Waals surface area contributed by atoms with Crippen LogP contribution in [0.4, 0.5) is 10.5 Å². The predicted octanol–water partition coefficient (Wildman–Crippen LogP) is 5.05. The number of nitrogens with zero attached hydrogens (tertiary/aromatic N) is 3. The summed E-state index contributed by atoms with van der Waals surface area (Å²) in [5, 5.41) is 2.85. The van der Waals surface area contributed by atoms with Crippen molar-refractivity contribution in [3.05, 3.63) is 83.7 Å². The third-order valence-electron chi connectivity index (χ3n) is 6.10. The predicted molar refractivity (Wildman–Crippen MR) is 132 cm³/mol. The molecule has 0 aliphatic carbocycles. The lowest BCUT2D eigenvalue weighted by Gasteiger charge is -2.39. The maximum atomic E-state index is 13.9. The smallest absolute Gasteiger partial charge is 0.317 e. The standard InChI is InChI=1S/C27H32N4O2/c1-4-6-17-29(27(33)28-5-2)19-25(32)31-23-11-8-7-10-22(23)30-18-9-12-24(30)26(31)21-15-13-20(3)14-16-21/h7-16,18,26H,4-6,17,19H2,1-3H3,(H,28,33). The third kappa shape index (κ3) is 4.51. The molecule has 0 radical (unpaired) electrons. The highest BCUT2D eigenvalue weighted by Crippen LogP contribution is 2.42. The average molecular weight is 445 g/mol. The maximum absolute atomic E-state index is 13.9. The minimum absolute atomic E-state index is 0.0310. The highest BCUT2D eigenvalue weighted by Gasteiger charge is 2.36. The maximum Gasteiger partial charge on any atom is 0.317 e. The number of fused-ring (bicyclic) bond motifs is 3. The van der Waals surface area contributed by atoms with Crippen molar-refractivity contribution in [2.24, 2.45) is 0 Å². The number of amides is 3. The fourth-order valence-corrected chi connectivity index (χ4v) is 4.43. The first-order chi connectivity index (χ1) is 16.0. The monoisotopic (exact) mass is 444 g/mol. The van der Waals surface area contributed by atoms with E-state index in [9.17, 15) is 9.59 Å². The highest BCUT2D eigenvalue weighted by molar-refractivity contribution is 6.00. The Morgan fingerprint density at radius 3 is 2.39 bits per heavy atom. The second-order valence-electron chi connectivity index (χ2n) is 8.48. The molecule has 0 saturated heterocycles. The molecule has 6 heteroatoms. The van der Waals surface area contributed by atoms with E-state index in [0.717, 1.165) is 35.5 Å². The Labute approximate surface area is 195 Å². The summed E-state index contributed by atoms with van der Waals surface area (Å²) >= 11 is 0. The summed E-state index contributed by atoms with van der Waals surface area (Å²) in [5.41, 5.74) is 5.06. The summed E-state index contributed by atoms with van der Waals surface area (Å²) in [6.45, 7) is 7.14. The number of rotatable bonds is 7. The van der Waals surface area contributed by atoms with E-state index in [2.05, 4.69) is 54.1 Å². The van der Waals surface area contributed by atoms with Gasteiger partial charge in [0.25, 0.3) is 0 Å². The van der Waals surface area contributed by atoms with Crippen molar-refractivity contribution < 1.29 is 9.59 Å². The second kappa shape index (κ2) is 9.94. The van der Waals surface area contributed by atoms with Gasteiger partial charge in [-0.2, -0.15) is 0 Å². The number of carbonyl (C=O) groups excluding carboxylic acids is 2. The lowest BCUT2D eigenvalue weighted by Crippen LogP contribution is -2.49. The molecule has 2 heterocycles. The van der Waals surface area contributed by atoms with Gasteiger partial charge in [-0.1, -0.05) is 55.3 Å². The number of nitrogens with one attached hydrogen (secondary N) is 1. The van der Waals surface area contributed by atoms with Gasteiger partial charge in [-0.05, 0) is 50.1 Å². The van der Waals surface area contributed by atoms with Crippen molar-refractivity contribution in [3.63, 3.8) is 0 Å². The summed E-state index contributed by atoms with van der Waals surface area (Å²) < 4.78 is 2.16. The van der Waals surface area contributed by atoms with Gasteiger partial charge in [0.15, 0.2) is 0 Å².